The lowest BCUT2D eigenvalue weighted by atomic mass is 10.0. The number of thioether (sulfide) groups is 1. The molecular formula is C24H21FN4O3S2. The van der Waals surface area contributed by atoms with Crippen molar-refractivity contribution >= 4 is 45.3 Å². The van der Waals surface area contributed by atoms with Crippen LogP contribution < -0.4 is 16.2 Å². The third kappa shape index (κ3) is 4.87. The number of thiophene rings is 1. The summed E-state index contributed by atoms with van der Waals surface area (Å²) in [4.78, 5) is 43.8. The van der Waals surface area contributed by atoms with Gasteiger partial charge in [0.2, 0.25) is 5.91 Å². The summed E-state index contributed by atoms with van der Waals surface area (Å²) in [6.45, 7) is 4.04. The van der Waals surface area contributed by atoms with Crippen LogP contribution in [0.15, 0.2) is 64.5 Å². The Morgan fingerprint density at radius 1 is 1.12 bits per heavy atom. The van der Waals surface area contributed by atoms with Crippen molar-refractivity contribution in [1.29, 1.82) is 0 Å². The lowest BCUT2D eigenvalue weighted by molar-refractivity contribution is -0.117. The summed E-state index contributed by atoms with van der Waals surface area (Å²) < 4.78 is 15.0. The van der Waals surface area contributed by atoms with Crippen LogP contribution in [0.25, 0.3) is 27.0 Å². The van der Waals surface area contributed by atoms with E-state index in [-0.39, 0.29) is 17.1 Å². The molecule has 0 aliphatic carbocycles. The normalized spacial score (nSPS) is 10.9. The second kappa shape index (κ2) is 10.2. The molecule has 0 bridgehead atoms. The Hall–Kier alpha value is -3.50. The number of nitrogens with zero attached hydrogens (tertiary/aromatic N) is 2. The molecule has 2 aromatic heterocycles. The molecule has 0 saturated carbocycles. The maximum atomic E-state index is 13.8. The summed E-state index contributed by atoms with van der Waals surface area (Å²) >= 11 is 2.43. The molecule has 10 heteroatoms. The van der Waals surface area contributed by atoms with Gasteiger partial charge >= 0.3 is 6.03 Å². The van der Waals surface area contributed by atoms with Gasteiger partial charge in [-0.1, -0.05) is 42.1 Å². The molecule has 0 aliphatic rings. The predicted molar refractivity (Wildman–Crippen MR) is 133 cm³/mol. The van der Waals surface area contributed by atoms with Crippen molar-refractivity contribution in [3.63, 3.8) is 0 Å². The van der Waals surface area contributed by atoms with Crippen LogP contribution in [-0.2, 0) is 4.79 Å². The summed E-state index contributed by atoms with van der Waals surface area (Å²) in [7, 11) is 0. The van der Waals surface area contributed by atoms with E-state index in [1.165, 1.54) is 28.0 Å². The van der Waals surface area contributed by atoms with Crippen molar-refractivity contribution in [3.05, 3.63) is 75.6 Å². The van der Waals surface area contributed by atoms with Crippen LogP contribution in [-0.4, -0.2) is 33.8 Å². The summed E-state index contributed by atoms with van der Waals surface area (Å²) in [6.07, 6.45) is 0. The number of carbonyl (C=O) groups is 2. The fraction of sp³-hybridized carbons (Fsp3) is 0.167. The van der Waals surface area contributed by atoms with Crippen molar-refractivity contribution in [2.75, 3.05) is 12.3 Å². The Morgan fingerprint density at radius 3 is 2.50 bits per heavy atom. The summed E-state index contributed by atoms with van der Waals surface area (Å²) in [6, 6.07) is 14.5. The van der Waals surface area contributed by atoms with Gasteiger partial charge in [0.25, 0.3) is 5.56 Å². The predicted octanol–water partition coefficient (Wildman–Crippen LogP) is 4.50. The minimum Gasteiger partial charge on any atom is -0.338 e. The molecule has 4 aromatic rings. The zero-order chi connectivity index (χ0) is 24.2. The van der Waals surface area contributed by atoms with Crippen molar-refractivity contribution in [1.82, 2.24) is 20.2 Å². The van der Waals surface area contributed by atoms with E-state index in [0.717, 1.165) is 22.2 Å². The van der Waals surface area contributed by atoms with Gasteiger partial charge in [-0.2, -0.15) is 0 Å². The molecule has 3 amide bonds. The Labute approximate surface area is 203 Å². The maximum absolute atomic E-state index is 13.8. The number of para-hydroxylation sites is 1. The van der Waals surface area contributed by atoms with E-state index in [9.17, 15) is 18.8 Å². The third-order valence-corrected chi connectivity index (χ3v) is 6.88. The average molecular weight is 497 g/mol. The fourth-order valence-electron chi connectivity index (χ4n) is 3.51. The number of halogens is 1. The fourth-order valence-corrected chi connectivity index (χ4v) is 5.40. The van der Waals surface area contributed by atoms with Crippen LogP contribution in [0.2, 0.25) is 0 Å². The van der Waals surface area contributed by atoms with Gasteiger partial charge < -0.3 is 5.32 Å². The Kier molecular flexibility index (Phi) is 7.09. The first kappa shape index (κ1) is 23.7. The Morgan fingerprint density at radius 2 is 1.82 bits per heavy atom. The lowest BCUT2D eigenvalue weighted by Crippen LogP contribution is -2.40. The maximum Gasteiger partial charge on any atom is 0.321 e. The van der Waals surface area contributed by atoms with Gasteiger partial charge in [-0.05, 0) is 43.7 Å². The van der Waals surface area contributed by atoms with Crippen LogP contribution in [0.4, 0.5) is 9.18 Å². The molecule has 0 saturated heterocycles. The Balaban J connectivity index is 1.81. The molecule has 2 aromatic carbocycles. The number of hydrogen-bond donors (Lipinski definition) is 2. The highest BCUT2D eigenvalue weighted by Crippen LogP contribution is 2.37. The van der Waals surface area contributed by atoms with Crippen molar-refractivity contribution < 1.29 is 14.0 Å². The second-order valence-corrected chi connectivity index (χ2v) is 9.43. The number of carbonyl (C=O) groups excluding carboxylic acids is 2. The topological polar surface area (TPSA) is 93.1 Å². The standard InChI is InChI=1S/C24H21FN4O3S2/c1-3-26-23(32)27-18(30)13-33-24-28-21-20(22(31)29(24)17-7-5-4-6-8-17)19(14(2)34-21)15-9-11-16(25)12-10-15/h4-12H,3,13H2,1-2H3,(H2,26,27,30,32). The number of urea groups is 1. The zero-order valence-corrected chi connectivity index (χ0v) is 20.1. The molecule has 7 nitrogen and oxygen atoms in total. The second-order valence-electron chi connectivity index (χ2n) is 7.29. The number of fused-ring (bicyclic) bond motifs is 1. The molecule has 174 valence electrons. The number of hydrogen-bond acceptors (Lipinski definition) is 6. The highest BCUT2D eigenvalue weighted by Gasteiger charge is 2.21. The van der Waals surface area contributed by atoms with Gasteiger partial charge in [0.15, 0.2) is 5.16 Å². The molecule has 0 fully saturated rings. The minimum absolute atomic E-state index is 0.100. The van der Waals surface area contributed by atoms with E-state index >= 15 is 0 Å². The monoisotopic (exact) mass is 496 g/mol. The number of aryl methyl sites for hydroxylation is 1. The molecule has 0 spiro atoms. The average Bonchev–Trinajstić information content (AvgIpc) is 3.15. The highest BCUT2D eigenvalue weighted by molar-refractivity contribution is 7.99. The van der Waals surface area contributed by atoms with E-state index < -0.39 is 11.9 Å². The largest absolute Gasteiger partial charge is 0.338 e. The van der Waals surface area contributed by atoms with Gasteiger partial charge in [-0.25, -0.2) is 14.2 Å². The molecule has 0 unspecified atom stereocenters. The van der Waals surface area contributed by atoms with Crippen molar-refractivity contribution in [3.8, 4) is 16.8 Å². The smallest absolute Gasteiger partial charge is 0.321 e. The lowest BCUT2D eigenvalue weighted by Gasteiger charge is -2.12. The van der Waals surface area contributed by atoms with Crippen LogP contribution in [0.3, 0.4) is 0 Å². The summed E-state index contributed by atoms with van der Waals surface area (Å²) in [5, 5.41) is 5.52. The third-order valence-electron chi connectivity index (χ3n) is 4.94. The Bertz CT molecular complexity index is 1420. The number of rotatable bonds is 6. The first-order chi connectivity index (χ1) is 16.4. The molecular weight excluding hydrogens is 475 g/mol. The van der Waals surface area contributed by atoms with Gasteiger partial charge in [0, 0.05) is 17.0 Å². The van der Waals surface area contributed by atoms with Crippen molar-refractivity contribution in [2.45, 2.75) is 19.0 Å². The summed E-state index contributed by atoms with van der Waals surface area (Å²) in [5.41, 5.74) is 1.76. The van der Waals surface area contributed by atoms with E-state index in [0.29, 0.717) is 33.2 Å². The number of amides is 3. The van der Waals surface area contributed by atoms with E-state index in [4.69, 9.17) is 4.98 Å². The number of imide groups is 1. The first-order valence-corrected chi connectivity index (χ1v) is 12.3. The SMILES string of the molecule is CCNC(=O)NC(=O)CSc1nc2sc(C)c(-c3ccc(F)cc3)c2c(=O)n1-c1ccccc1. The molecule has 34 heavy (non-hydrogen) atoms. The quantitative estimate of drug-likeness (QED) is 0.303. The summed E-state index contributed by atoms with van der Waals surface area (Å²) in [5.74, 6) is -0.957. The van der Waals surface area contributed by atoms with Gasteiger partial charge in [-0.3, -0.25) is 19.5 Å². The van der Waals surface area contributed by atoms with Gasteiger partial charge in [0.05, 0.1) is 16.8 Å². The van der Waals surface area contributed by atoms with E-state index in [1.54, 1.807) is 31.2 Å². The van der Waals surface area contributed by atoms with Crippen LogP contribution in [0.5, 0.6) is 0 Å². The number of aromatic nitrogens is 2. The zero-order valence-electron chi connectivity index (χ0n) is 18.4. The molecule has 2 heterocycles. The van der Waals surface area contributed by atoms with Crippen LogP contribution >= 0.6 is 23.1 Å². The van der Waals surface area contributed by atoms with E-state index in [2.05, 4.69) is 10.6 Å². The molecule has 4 rings (SSSR count). The number of benzene rings is 2. The van der Waals surface area contributed by atoms with Crippen molar-refractivity contribution in [2.24, 2.45) is 0 Å². The van der Waals surface area contributed by atoms with Gasteiger partial charge in [0.1, 0.15) is 10.6 Å². The van der Waals surface area contributed by atoms with Gasteiger partial charge in [-0.15, -0.1) is 11.3 Å². The van der Waals surface area contributed by atoms with Crippen LogP contribution in [0, 0.1) is 12.7 Å². The molecule has 0 radical (unpaired) electrons. The first-order valence-electron chi connectivity index (χ1n) is 10.5. The highest BCUT2D eigenvalue weighted by atomic mass is 32.2. The molecule has 0 atom stereocenters. The van der Waals surface area contributed by atoms with E-state index in [1.807, 2.05) is 25.1 Å². The molecule has 0 aliphatic heterocycles. The van der Waals surface area contributed by atoms with Crippen LogP contribution in [0.1, 0.15) is 11.8 Å². The number of nitrogens with one attached hydrogen (secondary N) is 2. The minimum atomic E-state index is -0.574. The molecule has 2 N–H and O–H groups in total.